The van der Waals surface area contributed by atoms with E-state index >= 15 is 0 Å². The van der Waals surface area contributed by atoms with Gasteiger partial charge in [0.2, 0.25) is 11.9 Å². The Bertz CT molecular complexity index is 449. The summed E-state index contributed by atoms with van der Waals surface area (Å²) in [6.07, 6.45) is 0.571. The number of ether oxygens (including phenoxy) is 2. The SMILES string of the molecule is CNc1nc(NCC2(O)CCOC2)nc(OC(C)C)n1. The minimum atomic E-state index is -0.870. The van der Waals surface area contributed by atoms with Crippen LogP contribution in [0.15, 0.2) is 0 Å². The van der Waals surface area contributed by atoms with Crippen molar-refractivity contribution in [3.8, 4) is 6.01 Å². The van der Waals surface area contributed by atoms with E-state index in [-0.39, 0.29) is 12.1 Å². The van der Waals surface area contributed by atoms with Crippen LogP contribution in [-0.4, -0.2) is 58.6 Å². The molecule has 8 nitrogen and oxygen atoms in total. The third-order valence-corrected chi connectivity index (χ3v) is 2.84. The van der Waals surface area contributed by atoms with Crippen LogP contribution in [0.4, 0.5) is 11.9 Å². The van der Waals surface area contributed by atoms with Crippen LogP contribution in [0.1, 0.15) is 20.3 Å². The molecule has 2 heterocycles. The minimum Gasteiger partial charge on any atom is -0.461 e. The van der Waals surface area contributed by atoms with E-state index in [2.05, 4.69) is 25.6 Å². The van der Waals surface area contributed by atoms with E-state index in [1.54, 1.807) is 7.05 Å². The smallest absolute Gasteiger partial charge is 0.323 e. The highest BCUT2D eigenvalue weighted by molar-refractivity contribution is 5.35. The molecular formula is C12H21N5O3. The zero-order valence-electron chi connectivity index (χ0n) is 12.0. The first-order valence-electron chi connectivity index (χ1n) is 6.65. The Morgan fingerprint density at radius 2 is 2.10 bits per heavy atom. The predicted molar refractivity (Wildman–Crippen MR) is 74.0 cm³/mol. The van der Waals surface area contributed by atoms with Gasteiger partial charge in [0.15, 0.2) is 0 Å². The fraction of sp³-hybridized carbons (Fsp3) is 0.750. The highest BCUT2D eigenvalue weighted by atomic mass is 16.5. The van der Waals surface area contributed by atoms with E-state index in [0.29, 0.717) is 38.1 Å². The maximum atomic E-state index is 10.2. The monoisotopic (exact) mass is 283 g/mol. The number of aromatic nitrogens is 3. The zero-order valence-corrected chi connectivity index (χ0v) is 12.0. The Kier molecular flexibility index (Phi) is 4.56. The lowest BCUT2D eigenvalue weighted by Gasteiger charge is -2.20. The Balaban J connectivity index is 2.05. The van der Waals surface area contributed by atoms with Gasteiger partial charge in [0.05, 0.1) is 12.7 Å². The van der Waals surface area contributed by atoms with Crippen LogP contribution in [0.5, 0.6) is 6.01 Å². The second kappa shape index (κ2) is 6.19. The van der Waals surface area contributed by atoms with Gasteiger partial charge in [-0.2, -0.15) is 15.0 Å². The van der Waals surface area contributed by atoms with E-state index in [4.69, 9.17) is 9.47 Å². The van der Waals surface area contributed by atoms with Crippen LogP contribution in [0, 0.1) is 0 Å². The number of hydrogen-bond donors (Lipinski definition) is 3. The standard InChI is InChI=1S/C12H21N5O3/c1-8(2)20-11-16-9(13-3)15-10(17-11)14-6-12(18)4-5-19-7-12/h8,18H,4-7H2,1-3H3,(H2,13,14,15,16,17). The summed E-state index contributed by atoms with van der Waals surface area (Å²) in [5.74, 6) is 0.771. The average molecular weight is 283 g/mol. The normalized spacial score (nSPS) is 22.1. The van der Waals surface area contributed by atoms with Gasteiger partial charge in [-0.3, -0.25) is 0 Å². The summed E-state index contributed by atoms with van der Waals surface area (Å²) in [5, 5.41) is 16.0. The van der Waals surface area contributed by atoms with Crippen molar-refractivity contribution >= 4 is 11.9 Å². The van der Waals surface area contributed by atoms with Crippen LogP contribution in [0.2, 0.25) is 0 Å². The second-order valence-electron chi connectivity index (χ2n) is 5.06. The van der Waals surface area contributed by atoms with Crippen molar-refractivity contribution in [2.75, 3.05) is 37.4 Å². The number of hydrogen-bond acceptors (Lipinski definition) is 8. The molecule has 1 aromatic rings. The van der Waals surface area contributed by atoms with Crippen molar-refractivity contribution in [1.82, 2.24) is 15.0 Å². The highest BCUT2D eigenvalue weighted by Gasteiger charge is 2.32. The molecule has 1 saturated heterocycles. The number of aliphatic hydroxyl groups is 1. The Hall–Kier alpha value is -1.67. The molecule has 0 spiro atoms. The van der Waals surface area contributed by atoms with Gasteiger partial charge in [-0.05, 0) is 13.8 Å². The van der Waals surface area contributed by atoms with E-state index in [9.17, 15) is 5.11 Å². The molecule has 1 aliphatic rings. The lowest BCUT2D eigenvalue weighted by Crippen LogP contribution is -2.37. The first kappa shape index (κ1) is 14.7. The molecule has 0 amide bonds. The van der Waals surface area contributed by atoms with Gasteiger partial charge in [-0.1, -0.05) is 0 Å². The van der Waals surface area contributed by atoms with E-state index < -0.39 is 5.60 Å². The number of anilines is 2. The predicted octanol–water partition coefficient (Wildman–Crippen LogP) is 0.264. The van der Waals surface area contributed by atoms with Gasteiger partial charge >= 0.3 is 6.01 Å². The summed E-state index contributed by atoms with van der Waals surface area (Å²) in [6, 6.07) is 0.247. The van der Waals surface area contributed by atoms with Crippen LogP contribution in [-0.2, 0) is 4.74 Å². The molecule has 0 aliphatic carbocycles. The van der Waals surface area contributed by atoms with Crippen LogP contribution in [0.3, 0.4) is 0 Å². The molecule has 0 bridgehead atoms. The third-order valence-electron chi connectivity index (χ3n) is 2.84. The van der Waals surface area contributed by atoms with Crippen molar-refractivity contribution in [3.05, 3.63) is 0 Å². The van der Waals surface area contributed by atoms with Gasteiger partial charge in [-0.25, -0.2) is 0 Å². The quantitative estimate of drug-likeness (QED) is 0.683. The molecule has 0 radical (unpaired) electrons. The summed E-state index contributed by atoms with van der Waals surface area (Å²) in [6.45, 7) is 5.00. The molecule has 112 valence electrons. The molecule has 0 saturated carbocycles. The molecule has 1 atom stereocenters. The average Bonchev–Trinajstić information content (AvgIpc) is 2.83. The second-order valence-corrected chi connectivity index (χ2v) is 5.06. The van der Waals surface area contributed by atoms with Crippen molar-refractivity contribution in [2.45, 2.75) is 32.0 Å². The summed E-state index contributed by atoms with van der Waals surface area (Å²) in [5.41, 5.74) is -0.870. The summed E-state index contributed by atoms with van der Waals surface area (Å²) in [7, 11) is 1.72. The largest absolute Gasteiger partial charge is 0.461 e. The zero-order chi connectivity index (χ0) is 14.6. The van der Waals surface area contributed by atoms with Gasteiger partial charge in [0.1, 0.15) is 5.60 Å². The Morgan fingerprint density at radius 1 is 1.35 bits per heavy atom. The molecule has 1 unspecified atom stereocenters. The first-order valence-corrected chi connectivity index (χ1v) is 6.65. The van der Waals surface area contributed by atoms with Gasteiger partial charge in [0.25, 0.3) is 0 Å². The van der Waals surface area contributed by atoms with Gasteiger partial charge < -0.3 is 25.2 Å². The maximum absolute atomic E-state index is 10.2. The Labute approximate surface area is 117 Å². The van der Waals surface area contributed by atoms with E-state index in [0.717, 1.165) is 0 Å². The number of nitrogens with one attached hydrogen (secondary N) is 2. The first-order chi connectivity index (χ1) is 9.50. The molecule has 1 fully saturated rings. The van der Waals surface area contributed by atoms with Crippen molar-refractivity contribution < 1.29 is 14.6 Å². The van der Waals surface area contributed by atoms with Gasteiger partial charge in [0, 0.05) is 26.6 Å². The number of rotatable bonds is 6. The lowest BCUT2D eigenvalue weighted by atomic mass is 10.0. The van der Waals surface area contributed by atoms with Crippen molar-refractivity contribution in [2.24, 2.45) is 0 Å². The van der Waals surface area contributed by atoms with E-state index in [1.165, 1.54) is 0 Å². The summed E-state index contributed by atoms with van der Waals surface area (Å²) < 4.78 is 10.7. The molecule has 3 N–H and O–H groups in total. The van der Waals surface area contributed by atoms with Crippen LogP contribution >= 0.6 is 0 Å². The fourth-order valence-electron chi connectivity index (χ4n) is 1.79. The Morgan fingerprint density at radius 3 is 2.70 bits per heavy atom. The topological polar surface area (TPSA) is 101 Å². The molecule has 0 aromatic carbocycles. The minimum absolute atomic E-state index is 0.0256. The number of nitrogens with zero attached hydrogens (tertiary/aromatic N) is 3. The maximum Gasteiger partial charge on any atom is 0.323 e. The van der Waals surface area contributed by atoms with Crippen LogP contribution in [0.25, 0.3) is 0 Å². The molecule has 20 heavy (non-hydrogen) atoms. The summed E-state index contributed by atoms with van der Waals surface area (Å²) in [4.78, 5) is 12.4. The van der Waals surface area contributed by atoms with Crippen molar-refractivity contribution in [1.29, 1.82) is 0 Å². The molecular weight excluding hydrogens is 262 g/mol. The van der Waals surface area contributed by atoms with Crippen LogP contribution < -0.4 is 15.4 Å². The summed E-state index contributed by atoms with van der Waals surface area (Å²) >= 11 is 0. The lowest BCUT2D eigenvalue weighted by molar-refractivity contribution is 0.0380. The van der Waals surface area contributed by atoms with Crippen molar-refractivity contribution in [3.63, 3.8) is 0 Å². The molecule has 1 aliphatic heterocycles. The highest BCUT2D eigenvalue weighted by Crippen LogP contribution is 2.19. The molecule has 2 rings (SSSR count). The molecule has 1 aromatic heterocycles. The molecule has 8 heteroatoms. The van der Waals surface area contributed by atoms with Gasteiger partial charge in [-0.15, -0.1) is 0 Å². The van der Waals surface area contributed by atoms with E-state index in [1.807, 2.05) is 13.8 Å². The fourth-order valence-corrected chi connectivity index (χ4v) is 1.79. The third kappa shape index (κ3) is 3.91.